The van der Waals surface area contributed by atoms with E-state index in [2.05, 4.69) is 69.0 Å². The van der Waals surface area contributed by atoms with Gasteiger partial charge in [-0.25, -0.2) is 9.37 Å². The maximum absolute atomic E-state index is 14.3. The number of rotatable bonds is 11. The lowest BCUT2D eigenvalue weighted by molar-refractivity contribution is 0.0887. The van der Waals surface area contributed by atoms with Crippen molar-refractivity contribution in [3.8, 4) is 22.8 Å². The van der Waals surface area contributed by atoms with Crippen LogP contribution >= 0.6 is 0 Å². The second kappa shape index (κ2) is 15.7. The SMILES string of the molecule is C[C@@H]1CN(CCCc2ccc(-c3cccc(Oc4ncc(F)cc4C(=O)N[C@H]4CC[C@@H](NC(=O)c5ccn(C)n5)CC4)c3)cc2)C[C@H](C)N1. The Bertz CT molecular complexity index is 1730. The van der Waals surface area contributed by atoms with Gasteiger partial charge in [0.1, 0.15) is 22.8 Å². The Labute approximate surface area is 287 Å². The molecule has 10 nitrogen and oxygen atoms in total. The monoisotopic (exact) mass is 667 g/mol. The fourth-order valence-corrected chi connectivity index (χ4v) is 6.96. The summed E-state index contributed by atoms with van der Waals surface area (Å²) in [6.07, 6.45) is 7.69. The number of hydrogen-bond donors (Lipinski definition) is 3. The Morgan fingerprint density at radius 2 is 1.61 bits per heavy atom. The highest BCUT2D eigenvalue weighted by molar-refractivity contribution is 5.96. The van der Waals surface area contributed by atoms with Crippen molar-refractivity contribution in [2.24, 2.45) is 7.05 Å². The Hall–Kier alpha value is -4.61. The van der Waals surface area contributed by atoms with Crippen LogP contribution in [-0.2, 0) is 13.5 Å². The molecule has 258 valence electrons. The van der Waals surface area contributed by atoms with Crippen LogP contribution in [0.1, 0.15) is 72.4 Å². The number of carbonyl (C=O) groups is 2. The van der Waals surface area contributed by atoms with Gasteiger partial charge in [-0.3, -0.25) is 14.3 Å². The van der Waals surface area contributed by atoms with E-state index < -0.39 is 11.7 Å². The van der Waals surface area contributed by atoms with Gasteiger partial charge < -0.3 is 25.6 Å². The van der Waals surface area contributed by atoms with Gasteiger partial charge in [-0.05, 0) is 99.9 Å². The van der Waals surface area contributed by atoms with Gasteiger partial charge in [-0.2, -0.15) is 5.10 Å². The summed E-state index contributed by atoms with van der Waals surface area (Å²) in [5.41, 5.74) is 3.74. The number of pyridine rings is 1. The number of halogens is 1. The molecule has 2 amide bonds. The molecule has 2 fully saturated rings. The molecule has 0 unspecified atom stereocenters. The van der Waals surface area contributed by atoms with Crippen molar-refractivity contribution < 1.29 is 18.7 Å². The van der Waals surface area contributed by atoms with E-state index in [1.165, 1.54) is 5.56 Å². The lowest BCUT2D eigenvalue weighted by atomic mass is 9.91. The van der Waals surface area contributed by atoms with Crippen molar-refractivity contribution in [3.63, 3.8) is 0 Å². The molecule has 6 rings (SSSR count). The number of benzene rings is 2. The first-order valence-electron chi connectivity index (χ1n) is 17.3. The number of carbonyl (C=O) groups excluding carboxylic acids is 2. The fourth-order valence-electron chi connectivity index (χ4n) is 6.96. The lowest BCUT2D eigenvalue weighted by Crippen LogP contribution is -2.54. The van der Waals surface area contributed by atoms with Gasteiger partial charge >= 0.3 is 0 Å². The zero-order valence-corrected chi connectivity index (χ0v) is 28.5. The van der Waals surface area contributed by atoms with E-state index in [1.54, 1.807) is 30.1 Å². The van der Waals surface area contributed by atoms with Crippen LogP contribution in [0.3, 0.4) is 0 Å². The molecule has 0 spiro atoms. The maximum atomic E-state index is 14.3. The van der Waals surface area contributed by atoms with Crippen LogP contribution in [0.4, 0.5) is 4.39 Å². The summed E-state index contributed by atoms with van der Waals surface area (Å²) in [6.45, 7) is 7.79. The summed E-state index contributed by atoms with van der Waals surface area (Å²) < 4.78 is 22.0. The molecular formula is C38H46FN7O3. The molecule has 2 aromatic carbocycles. The molecule has 2 aromatic heterocycles. The number of ether oxygens (including phenoxy) is 1. The first-order chi connectivity index (χ1) is 23.7. The molecule has 1 saturated carbocycles. The van der Waals surface area contributed by atoms with Gasteiger partial charge in [-0.15, -0.1) is 0 Å². The third-order valence-corrected chi connectivity index (χ3v) is 9.32. The molecule has 49 heavy (non-hydrogen) atoms. The summed E-state index contributed by atoms with van der Waals surface area (Å²) >= 11 is 0. The smallest absolute Gasteiger partial charge is 0.271 e. The summed E-state index contributed by atoms with van der Waals surface area (Å²) in [5, 5.41) is 13.8. The molecule has 1 saturated heterocycles. The lowest BCUT2D eigenvalue weighted by Gasteiger charge is -2.36. The van der Waals surface area contributed by atoms with Crippen molar-refractivity contribution in [2.45, 2.75) is 76.5 Å². The molecule has 3 N–H and O–H groups in total. The minimum absolute atomic E-state index is 0.00344. The van der Waals surface area contributed by atoms with E-state index in [0.717, 1.165) is 55.9 Å². The van der Waals surface area contributed by atoms with Crippen LogP contribution in [0.5, 0.6) is 11.6 Å². The first-order valence-corrected chi connectivity index (χ1v) is 17.3. The maximum Gasteiger partial charge on any atom is 0.271 e. The van der Waals surface area contributed by atoms with Crippen LogP contribution in [0.2, 0.25) is 0 Å². The van der Waals surface area contributed by atoms with Crippen molar-refractivity contribution in [2.75, 3.05) is 19.6 Å². The topological polar surface area (TPSA) is 113 Å². The largest absolute Gasteiger partial charge is 0.438 e. The van der Waals surface area contributed by atoms with Crippen molar-refractivity contribution in [3.05, 3.63) is 95.7 Å². The number of aryl methyl sites for hydroxylation is 2. The number of hydrogen-bond acceptors (Lipinski definition) is 7. The zero-order valence-electron chi connectivity index (χ0n) is 28.5. The summed E-state index contributed by atoms with van der Waals surface area (Å²) in [6, 6.07) is 20.0. The van der Waals surface area contributed by atoms with Gasteiger partial charge in [-0.1, -0.05) is 36.4 Å². The predicted molar refractivity (Wildman–Crippen MR) is 187 cm³/mol. The highest BCUT2D eigenvalue weighted by Gasteiger charge is 2.26. The summed E-state index contributed by atoms with van der Waals surface area (Å²) in [4.78, 5) is 32.5. The van der Waals surface area contributed by atoms with Crippen LogP contribution in [-0.4, -0.2) is 75.3 Å². The minimum atomic E-state index is -0.621. The molecule has 1 aliphatic carbocycles. The molecule has 11 heteroatoms. The average Bonchev–Trinajstić information content (AvgIpc) is 3.53. The van der Waals surface area contributed by atoms with E-state index in [0.29, 0.717) is 49.2 Å². The van der Waals surface area contributed by atoms with Gasteiger partial charge in [0.05, 0.1) is 6.20 Å². The van der Waals surface area contributed by atoms with Crippen LogP contribution < -0.4 is 20.7 Å². The van der Waals surface area contributed by atoms with Crippen LogP contribution in [0.25, 0.3) is 11.1 Å². The molecule has 0 bridgehead atoms. The standard InChI is InChI=1S/C38H46FN7O3/c1-25-23-46(24-26(2)41-25)18-5-6-27-9-11-28(12-10-27)29-7-4-8-33(20-29)49-38-34(21-30(39)22-40-38)36(47)42-31-13-15-32(16-14-31)43-37(48)35-17-19-45(3)44-35/h4,7-12,17,19-22,25-26,31-32,41H,5-6,13-16,18,23-24H2,1-3H3,(H,42,47)(H,43,48)/t25-,26+,31-,32+. The highest BCUT2D eigenvalue weighted by atomic mass is 19.1. The molecule has 3 heterocycles. The molecule has 2 aliphatic rings. The second-order valence-corrected chi connectivity index (χ2v) is 13.5. The Morgan fingerprint density at radius 3 is 2.29 bits per heavy atom. The molecule has 4 aromatic rings. The van der Waals surface area contributed by atoms with E-state index in [9.17, 15) is 14.0 Å². The minimum Gasteiger partial charge on any atom is -0.438 e. The number of nitrogens with one attached hydrogen (secondary N) is 3. The van der Waals surface area contributed by atoms with Crippen molar-refractivity contribution in [1.82, 2.24) is 35.6 Å². The van der Waals surface area contributed by atoms with Crippen molar-refractivity contribution in [1.29, 1.82) is 0 Å². The summed E-state index contributed by atoms with van der Waals surface area (Å²) in [5.74, 6) is -0.738. The Balaban J connectivity index is 1.03. The molecule has 2 atom stereocenters. The van der Waals surface area contributed by atoms with Gasteiger partial charge in [0.25, 0.3) is 11.8 Å². The zero-order chi connectivity index (χ0) is 34.3. The molecular weight excluding hydrogens is 621 g/mol. The Morgan fingerprint density at radius 1 is 0.918 bits per heavy atom. The van der Waals surface area contributed by atoms with Gasteiger partial charge in [0.15, 0.2) is 0 Å². The predicted octanol–water partition coefficient (Wildman–Crippen LogP) is 5.50. The fraction of sp³-hybridized carbons (Fsp3) is 0.421. The van der Waals surface area contributed by atoms with E-state index >= 15 is 0 Å². The van der Waals surface area contributed by atoms with E-state index in [4.69, 9.17) is 4.74 Å². The first kappa shape index (κ1) is 34.3. The van der Waals surface area contributed by atoms with E-state index in [1.807, 2.05) is 18.2 Å². The van der Waals surface area contributed by atoms with Crippen molar-refractivity contribution >= 4 is 11.8 Å². The quantitative estimate of drug-likeness (QED) is 0.194. The second-order valence-electron chi connectivity index (χ2n) is 13.5. The average molecular weight is 668 g/mol. The molecule has 1 aliphatic heterocycles. The third-order valence-electron chi connectivity index (χ3n) is 9.32. The van der Waals surface area contributed by atoms with Crippen LogP contribution in [0.15, 0.2) is 73.1 Å². The molecule has 0 radical (unpaired) electrons. The normalized spacial score (nSPS) is 21.2. The van der Waals surface area contributed by atoms with Crippen LogP contribution in [0, 0.1) is 5.82 Å². The number of piperazine rings is 1. The Kier molecular flexibility index (Phi) is 11.0. The number of amides is 2. The number of nitrogens with zero attached hydrogens (tertiary/aromatic N) is 4. The highest BCUT2D eigenvalue weighted by Crippen LogP contribution is 2.29. The van der Waals surface area contributed by atoms with Gasteiger partial charge in [0.2, 0.25) is 5.88 Å². The van der Waals surface area contributed by atoms with Gasteiger partial charge in [0, 0.05) is 50.5 Å². The summed E-state index contributed by atoms with van der Waals surface area (Å²) in [7, 11) is 1.77. The van der Waals surface area contributed by atoms with E-state index in [-0.39, 0.29) is 29.4 Å². The number of aromatic nitrogens is 3. The third kappa shape index (κ3) is 9.30.